The minimum absolute atomic E-state index is 0.0481. The first-order valence-corrected chi connectivity index (χ1v) is 10.3. The van der Waals surface area contributed by atoms with Gasteiger partial charge in [-0.3, -0.25) is 0 Å². The lowest BCUT2D eigenvalue weighted by Crippen LogP contribution is -2.13. The molecule has 2 nitrogen and oxygen atoms in total. The Balaban J connectivity index is 1.61. The second kappa shape index (κ2) is 9.98. The van der Waals surface area contributed by atoms with Crippen molar-refractivity contribution in [2.45, 2.75) is 44.6 Å². The number of allylic oxidation sites excluding steroid dienone is 1. The molecule has 2 aromatic rings. The molecular weight excluding hydrogens is 389 g/mol. The molecule has 0 saturated heterocycles. The largest absolute Gasteiger partial charge is 0.489 e. The van der Waals surface area contributed by atoms with Crippen molar-refractivity contribution in [1.82, 2.24) is 0 Å². The summed E-state index contributed by atoms with van der Waals surface area (Å²) in [6, 6.07) is 7.87. The van der Waals surface area contributed by atoms with Crippen LogP contribution >= 0.6 is 0 Å². The van der Waals surface area contributed by atoms with E-state index in [0.29, 0.717) is 17.9 Å². The summed E-state index contributed by atoms with van der Waals surface area (Å²) in [5.74, 6) is -1.35. The lowest BCUT2D eigenvalue weighted by atomic mass is 9.78. The summed E-state index contributed by atoms with van der Waals surface area (Å²) in [7, 11) is 0. The van der Waals surface area contributed by atoms with Gasteiger partial charge in [0.05, 0.1) is 6.10 Å². The smallest absolute Gasteiger partial charge is 0.166 e. The average Bonchev–Trinajstić information content (AvgIpc) is 2.73. The Labute approximate surface area is 175 Å². The first kappa shape index (κ1) is 22.2. The zero-order valence-electron chi connectivity index (χ0n) is 17.1. The Morgan fingerprint density at radius 3 is 2.47 bits per heavy atom. The van der Waals surface area contributed by atoms with Crippen molar-refractivity contribution in [3.63, 3.8) is 0 Å². The fraction of sp³-hybridized carbons (Fsp3) is 0.360. The van der Waals surface area contributed by atoms with E-state index in [2.05, 4.69) is 6.58 Å². The molecule has 1 aliphatic rings. The van der Waals surface area contributed by atoms with Crippen LogP contribution in [0.15, 0.2) is 49.1 Å². The second-order valence-electron chi connectivity index (χ2n) is 7.80. The van der Waals surface area contributed by atoms with E-state index in [1.807, 2.05) is 6.08 Å². The highest BCUT2D eigenvalue weighted by Crippen LogP contribution is 2.38. The lowest BCUT2D eigenvalue weighted by Gasteiger charge is -2.27. The molecule has 1 unspecified atom stereocenters. The van der Waals surface area contributed by atoms with Crippen LogP contribution in [0.4, 0.5) is 13.2 Å². The van der Waals surface area contributed by atoms with E-state index in [-0.39, 0.29) is 28.8 Å². The van der Waals surface area contributed by atoms with E-state index in [4.69, 9.17) is 4.74 Å². The van der Waals surface area contributed by atoms with Crippen LogP contribution in [-0.4, -0.2) is 11.7 Å². The maximum atomic E-state index is 14.5. The van der Waals surface area contributed by atoms with Crippen LogP contribution < -0.4 is 4.74 Å². The van der Waals surface area contributed by atoms with Crippen LogP contribution in [-0.2, 0) is 0 Å². The highest BCUT2D eigenvalue weighted by Gasteiger charge is 2.23. The molecule has 1 fully saturated rings. The van der Waals surface area contributed by atoms with Crippen molar-refractivity contribution < 1.29 is 23.0 Å². The molecule has 160 valence electrons. The Kier molecular flexibility index (Phi) is 7.38. The normalized spacial score (nSPS) is 20.3. The lowest BCUT2D eigenvalue weighted by molar-refractivity contribution is 0.192. The number of hydrogen-bond acceptors (Lipinski definition) is 2. The van der Waals surface area contributed by atoms with Crippen LogP contribution in [0.3, 0.4) is 0 Å². The molecule has 3 rings (SSSR count). The van der Waals surface area contributed by atoms with Gasteiger partial charge in [-0.15, -0.1) is 0 Å². The van der Waals surface area contributed by atoms with Crippen molar-refractivity contribution in [3.05, 3.63) is 83.2 Å². The maximum absolute atomic E-state index is 14.5. The monoisotopic (exact) mass is 416 g/mol. The molecule has 2 aromatic carbocycles. The Morgan fingerprint density at radius 2 is 1.83 bits per heavy atom. The Morgan fingerprint density at radius 1 is 1.10 bits per heavy atom. The third-order valence-electron chi connectivity index (χ3n) is 5.69. The Bertz CT molecular complexity index is 913. The number of rotatable bonds is 7. The molecule has 5 heteroatoms. The van der Waals surface area contributed by atoms with E-state index in [9.17, 15) is 18.3 Å². The molecule has 0 heterocycles. The predicted octanol–water partition coefficient (Wildman–Crippen LogP) is 6.71. The van der Waals surface area contributed by atoms with E-state index in [1.165, 1.54) is 25.1 Å². The van der Waals surface area contributed by atoms with Gasteiger partial charge >= 0.3 is 0 Å². The molecule has 0 spiro atoms. The van der Waals surface area contributed by atoms with Crippen LogP contribution in [0.5, 0.6) is 5.75 Å². The first-order chi connectivity index (χ1) is 14.4. The van der Waals surface area contributed by atoms with Crippen molar-refractivity contribution in [3.8, 4) is 5.75 Å². The van der Waals surface area contributed by atoms with E-state index >= 15 is 0 Å². The van der Waals surface area contributed by atoms with Gasteiger partial charge in [0, 0.05) is 17.2 Å². The van der Waals surface area contributed by atoms with Gasteiger partial charge in [-0.05, 0) is 56.1 Å². The van der Waals surface area contributed by atoms with Crippen molar-refractivity contribution in [1.29, 1.82) is 0 Å². The number of hydrogen-bond donors (Lipinski definition) is 1. The summed E-state index contributed by atoms with van der Waals surface area (Å²) in [4.78, 5) is 0. The fourth-order valence-corrected chi connectivity index (χ4v) is 3.98. The molecule has 30 heavy (non-hydrogen) atoms. The topological polar surface area (TPSA) is 29.5 Å². The summed E-state index contributed by atoms with van der Waals surface area (Å²) < 4.78 is 48.1. The van der Waals surface area contributed by atoms with Gasteiger partial charge < -0.3 is 9.84 Å². The zero-order chi connectivity index (χ0) is 21.7. The van der Waals surface area contributed by atoms with Gasteiger partial charge in [0.15, 0.2) is 11.6 Å². The van der Waals surface area contributed by atoms with Gasteiger partial charge in [-0.2, -0.15) is 0 Å². The van der Waals surface area contributed by atoms with Crippen LogP contribution in [0.1, 0.15) is 61.3 Å². The number of aliphatic hydroxyl groups excluding tert-OH is 1. The Hall–Kier alpha value is -2.53. The van der Waals surface area contributed by atoms with Crippen molar-refractivity contribution in [2.75, 3.05) is 6.61 Å². The summed E-state index contributed by atoms with van der Waals surface area (Å²) in [6.07, 6.45) is 7.42. The first-order valence-electron chi connectivity index (χ1n) is 10.3. The third-order valence-corrected chi connectivity index (χ3v) is 5.69. The SMILES string of the molecule is C=CCOc1ccc(C2CCC(/C=C/c3ccc(C(C)O)c(F)c3F)CC2)c(F)c1. The molecule has 0 aromatic heterocycles. The van der Waals surface area contributed by atoms with E-state index < -0.39 is 17.7 Å². The van der Waals surface area contributed by atoms with Gasteiger partial charge in [0.1, 0.15) is 18.2 Å². The highest BCUT2D eigenvalue weighted by molar-refractivity contribution is 5.51. The molecular formula is C25H27F3O2. The van der Waals surface area contributed by atoms with E-state index in [1.54, 1.807) is 24.3 Å². The number of benzene rings is 2. The molecule has 1 aliphatic carbocycles. The maximum Gasteiger partial charge on any atom is 0.166 e. The van der Waals surface area contributed by atoms with Gasteiger partial charge in [-0.1, -0.05) is 43.0 Å². The second-order valence-corrected chi connectivity index (χ2v) is 7.80. The number of aliphatic hydroxyl groups is 1. The van der Waals surface area contributed by atoms with Gasteiger partial charge in [-0.25, -0.2) is 13.2 Å². The van der Waals surface area contributed by atoms with Crippen LogP contribution in [0, 0.1) is 23.4 Å². The molecule has 0 bridgehead atoms. The summed E-state index contributed by atoms with van der Waals surface area (Å²) in [6.45, 7) is 5.31. The number of ether oxygens (including phenoxy) is 1. The minimum Gasteiger partial charge on any atom is -0.489 e. The van der Waals surface area contributed by atoms with Gasteiger partial charge in [0.25, 0.3) is 0 Å². The number of halogens is 3. The molecule has 0 amide bonds. The predicted molar refractivity (Wildman–Crippen MR) is 113 cm³/mol. The van der Waals surface area contributed by atoms with Crippen molar-refractivity contribution in [2.24, 2.45) is 5.92 Å². The van der Waals surface area contributed by atoms with Crippen molar-refractivity contribution >= 4 is 6.08 Å². The molecule has 0 radical (unpaired) electrons. The average molecular weight is 416 g/mol. The molecule has 0 aliphatic heterocycles. The zero-order valence-corrected chi connectivity index (χ0v) is 17.1. The highest BCUT2D eigenvalue weighted by atomic mass is 19.2. The molecule has 1 atom stereocenters. The summed E-state index contributed by atoms with van der Waals surface area (Å²) in [5, 5.41) is 9.48. The summed E-state index contributed by atoms with van der Waals surface area (Å²) in [5.41, 5.74) is 0.818. The minimum atomic E-state index is -1.06. The summed E-state index contributed by atoms with van der Waals surface area (Å²) >= 11 is 0. The van der Waals surface area contributed by atoms with Gasteiger partial charge in [0.2, 0.25) is 0 Å². The van der Waals surface area contributed by atoms with Crippen LogP contribution in [0.25, 0.3) is 6.08 Å². The molecule has 1 saturated carbocycles. The quantitative estimate of drug-likeness (QED) is 0.508. The standard InChI is InChI=1S/C25H27F3O2/c1-3-14-30-20-11-13-22(23(26)15-20)18-7-4-17(5-8-18)6-9-19-10-12-21(16(2)29)25(28)24(19)27/h3,6,9-13,15-18,29H,1,4-5,7-8,14H2,2H3/b9-6+. The van der Waals surface area contributed by atoms with E-state index in [0.717, 1.165) is 25.7 Å². The molecule has 1 N–H and O–H groups in total. The van der Waals surface area contributed by atoms with Crippen LogP contribution in [0.2, 0.25) is 0 Å². The fourth-order valence-electron chi connectivity index (χ4n) is 3.98. The third kappa shape index (κ3) is 5.14.